The minimum atomic E-state index is -1.71. The highest BCUT2D eigenvalue weighted by Crippen LogP contribution is 2.38. The van der Waals surface area contributed by atoms with Gasteiger partial charge in [0.1, 0.15) is 0 Å². The van der Waals surface area contributed by atoms with E-state index >= 15 is 0 Å². The molecule has 3 nitrogen and oxygen atoms in total. The van der Waals surface area contributed by atoms with Crippen molar-refractivity contribution in [3.63, 3.8) is 0 Å². The van der Waals surface area contributed by atoms with Crippen molar-refractivity contribution in [2.45, 2.75) is 84.1 Å². The third kappa shape index (κ3) is 3.89. The van der Waals surface area contributed by atoms with Crippen LogP contribution in [0.4, 0.5) is 0 Å². The Bertz CT molecular complexity index is 354. The maximum Gasteiger partial charge on any atom is 0.461 e. The molecule has 0 saturated carbocycles. The van der Waals surface area contributed by atoms with Gasteiger partial charge in [0.2, 0.25) is 8.32 Å². The lowest BCUT2D eigenvalue weighted by Crippen LogP contribution is -2.41. The van der Waals surface area contributed by atoms with Gasteiger partial charge in [0.05, 0.1) is 17.5 Å². The van der Waals surface area contributed by atoms with Gasteiger partial charge in [0.25, 0.3) is 0 Å². The molecule has 0 amide bonds. The highest BCUT2D eigenvalue weighted by Gasteiger charge is 2.50. The SMILES string of the molecule is CC1(C)OB(C/C=C/O[Si](C)(C)C(C)(C)C)OC1(C)C. The summed E-state index contributed by atoms with van der Waals surface area (Å²) in [7, 11) is -1.89. The van der Waals surface area contributed by atoms with Gasteiger partial charge in [0, 0.05) is 6.32 Å². The Morgan fingerprint density at radius 3 is 1.90 bits per heavy atom. The van der Waals surface area contributed by atoms with E-state index in [1.165, 1.54) is 0 Å². The molecule has 1 fully saturated rings. The minimum absolute atomic E-state index is 0.181. The second-order valence-corrected chi connectivity index (χ2v) is 12.9. The van der Waals surface area contributed by atoms with Crippen LogP contribution in [0.1, 0.15) is 48.5 Å². The summed E-state index contributed by atoms with van der Waals surface area (Å²) in [5.74, 6) is 0. The quantitative estimate of drug-likeness (QED) is 0.560. The van der Waals surface area contributed by atoms with Crippen LogP contribution in [0.3, 0.4) is 0 Å². The molecule has 5 heteroatoms. The summed E-state index contributed by atoms with van der Waals surface area (Å²) in [5, 5.41) is 0.224. The first-order valence-electron chi connectivity index (χ1n) is 7.47. The maximum absolute atomic E-state index is 6.00. The smallest absolute Gasteiger partial charge is 0.461 e. The third-order valence-electron chi connectivity index (χ3n) is 4.90. The predicted molar refractivity (Wildman–Crippen MR) is 88.3 cm³/mol. The molecular formula is C15H31BO3Si. The Morgan fingerprint density at radius 1 is 1.05 bits per heavy atom. The van der Waals surface area contributed by atoms with Gasteiger partial charge in [0.15, 0.2) is 0 Å². The van der Waals surface area contributed by atoms with Crippen LogP contribution in [0.2, 0.25) is 24.5 Å². The number of hydrogen-bond acceptors (Lipinski definition) is 3. The lowest BCUT2D eigenvalue weighted by molar-refractivity contribution is 0.00578. The number of hydrogen-bond donors (Lipinski definition) is 0. The van der Waals surface area contributed by atoms with Crippen molar-refractivity contribution in [1.82, 2.24) is 0 Å². The Balaban J connectivity index is 2.49. The molecule has 1 saturated heterocycles. The molecule has 1 aliphatic heterocycles. The molecular weight excluding hydrogens is 267 g/mol. The van der Waals surface area contributed by atoms with E-state index in [4.69, 9.17) is 13.7 Å². The van der Waals surface area contributed by atoms with Gasteiger partial charge in [-0.15, -0.1) is 0 Å². The largest absolute Gasteiger partial charge is 0.549 e. The summed E-state index contributed by atoms with van der Waals surface area (Å²) < 4.78 is 17.9. The van der Waals surface area contributed by atoms with Crippen LogP contribution in [-0.2, 0) is 13.7 Å². The molecule has 0 bridgehead atoms. The summed E-state index contributed by atoms with van der Waals surface area (Å²) >= 11 is 0. The van der Waals surface area contributed by atoms with E-state index in [1.807, 2.05) is 12.3 Å². The third-order valence-corrected chi connectivity index (χ3v) is 9.23. The molecule has 116 valence electrons. The van der Waals surface area contributed by atoms with Gasteiger partial charge >= 0.3 is 7.12 Å². The Morgan fingerprint density at radius 2 is 1.50 bits per heavy atom. The van der Waals surface area contributed by atoms with Crippen molar-refractivity contribution in [2.24, 2.45) is 0 Å². The molecule has 0 radical (unpaired) electrons. The molecule has 1 aliphatic rings. The Labute approximate surface area is 126 Å². The molecule has 1 rings (SSSR count). The summed E-state index contributed by atoms with van der Waals surface area (Å²) in [6.07, 6.45) is 4.58. The summed E-state index contributed by atoms with van der Waals surface area (Å²) in [5.41, 5.74) is -0.516. The fraction of sp³-hybridized carbons (Fsp3) is 0.867. The van der Waals surface area contributed by atoms with Gasteiger partial charge < -0.3 is 13.7 Å². The van der Waals surface area contributed by atoms with Gasteiger partial charge in [-0.1, -0.05) is 26.8 Å². The van der Waals surface area contributed by atoms with E-state index in [1.54, 1.807) is 0 Å². The van der Waals surface area contributed by atoms with Crippen LogP contribution >= 0.6 is 0 Å². The van der Waals surface area contributed by atoms with E-state index in [-0.39, 0.29) is 23.4 Å². The van der Waals surface area contributed by atoms with E-state index in [0.29, 0.717) is 0 Å². The maximum atomic E-state index is 6.00. The topological polar surface area (TPSA) is 27.7 Å². The molecule has 1 heterocycles. The molecule has 0 atom stereocenters. The van der Waals surface area contributed by atoms with Gasteiger partial charge in [-0.25, -0.2) is 0 Å². The standard InChI is InChI=1S/C15H31BO3Si/c1-13(2,3)20(8,9)17-12-10-11-16-18-14(4,5)15(6,7)19-16/h10,12H,11H2,1-9H3/b12-10+. The summed E-state index contributed by atoms with van der Waals surface area (Å²) in [6.45, 7) is 19.5. The first-order valence-corrected chi connectivity index (χ1v) is 10.4. The van der Waals surface area contributed by atoms with E-state index in [9.17, 15) is 0 Å². The second kappa shape index (κ2) is 5.50. The van der Waals surface area contributed by atoms with Gasteiger partial charge in [-0.05, 0) is 45.8 Å². The van der Waals surface area contributed by atoms with Crippen LogP contribution in [0, 0.1) is 0 Å². The van der Waals surface area contributed by atoms with Crippen molar-refractivity contribution < 1.29 is 13.7 Å². The lowest BCUT2D eigenvalue weighted by Gasteiger charge is -2.35. The van der Waals surface area contributed by atoms with Crippen LogP contribution < -0.4 is 0 Å². The molecule has 0 N–H and O–H groups in total. The highest BCUT2D eigenvalue weighted by atomic mass is 28.4. The minimum Gasteiger partial charge on any atom is -0.549 e. The molecule has 0 aromatic heterocycles. The fourth-order valence-electron chi connectivity index (χ4n) is 1.62. The average molecular weight is 298 g/mol. The van der Waals surface area contributed by atoms with Crippen molar-refractivity contribution in [3.05, 3.63) is 12.3 Å². The van der Waals surface area contributed by atoms with Gasteiger partial charge in [-0.3, -0.25) is 0 Å². The molecule has 0 aliphatic carbocycles. The Kier molecular flexibility index (Phi) is 4.90. The van der Waals surface area contributed by atoms with Crippen LogP contribution in [0.25, 0.3) is 0 Å². The summed E-state index contributed by atoms with van der Waals surface area (Å²) in [4.78, 5) is 0. The Hall–Kier alpha value is -0.258. The fourth-order valence-corrected chi connectivity index (χ4v) is 2.41. The zero-order chi connectivity index (χ0) is 15.8. The molecule has 0 aromatic rings. The molecule has 0 aromatic carbocycles. The normalized spacial score (nSPS) is 22.6. The van der Waals surface area contributed by atoms with Gasteiger partial charge in [-0.2, -0.15) is 0 Å². The zero-order valence-electron chi connectivity index (χ0n) is 14.7. The number of allylic oxidation sites excluding steroid dienone is 1. The van der Waals surface area contributed by atoms with Crippen molar-refractivity contribution in [2.75, 3.05) is 0 Å². The van der Waals surface area contributed by atoms with E-state index in [2.05, 4.69) is 61.6 Å². The first kappa shape index (κ1) is 17.8. The summed E-state index contributed by atoms with van der Waals surface area (Å²) in [6, 6.07) is 0. The highest BCUT2D eigenvalue weighted by molar-refractivity contribution is 6.74. The predicted octanol–water partition coefficient (Wildman–Crippen LogP) is 4.61. The van der Waals surface area contributed by atoms with Crippen molar-refractivity contribution in [3.8, 4) is 0 Å². The molecule has 0 unspecified atom stereocenters. The number of rotatable bonds is 4. The average Bonchev–Trinajstić information content (AvgIpc) is 2.41. The van der Waals surface area contributed by atoms with Crippen molar-refractivity contribution >= 4 is 15.4 Å². The monoisotopic (exact) mass is 298 g/mol. The van der Waals surface area contributed by atoms with E-state index < -0.39 is 8.32 Å². The van der Waals surface area contributed by atoms with E-state index in [0.717, 1.165) is 6.32 Å². The molecule has 0 spiro atoms. The van der Waals surface area contributed by atoms with Crippen LogP contribution in [0.5, 0.6) is 0 Å². The second-order valence-electron chi connectivity index (χ2n) is 8.17. The lowest BCUT2D eigenvalue weighted by atomic mass is 9.85. The van der Waals surface area contributed by atoms with Crippen LogP contribution in [0.15, 0.2) is 12.3 Å². The zero-order valence-corrected chi connectivity index (χ0v) is 15.7. The van der Waals surface area contributed by atoms with Crippen molar-refractivity contribution in [1.29, 1.82) is 0 Å². The first-order chi connectivity index (χ1) is 8.79. The molecule has 20 heavy (non-hydrogen) atoms. The van der Waals surface area contributed by atoms with Crippen LogP contribution in [-0.4, -0.2) is 26.6 Å².